The molecule has 5 heteroatoms. The molecule has 4 rings (SSSR count). The molecular formula is C20H27N3OS. The highest BCUT2D eigenvalue weighted by molar-refractivity contribution is 7.12. The van der Waals surface area contributed by atoms with Crippen molar-refractivity contribution in [1.82, 2.24) is 15.1 Å². The van der Waals surface area contributed by atoms with Gasteiger partial charge < -0.3 is 4.74 Å². The van der Waals surface area contributed by atoms with Crippen LogP contribution in [0.3, 0.4) is 0 Å². The van der Waals surface area contributed by atoms with Crippen LogP contribution in [0.25, 0.3) is 0 Å². The third kappa shape index (κ3) is 4.59. The van der Waals surface area contributed by atoms with Crippen LogP contribution in [0.15, 0.2) is 30.3 Å². The van der Waals surface area contributed by atoms with Crippen molar-refractivity contribution in [3.63, 3.8) is 0 Å². The van der Waals surface area contributed by atoms with E-state index in [1.165, 1.54) is 50.1 Å². The van der Waals surface area contributed by atoms with Gasteiger partial charge in [0.15, 0.2) is 0 Å². The van der Waals surface area contributed by atoms with Gasteiger partial charge in [-0.3, -0.25) is 4.90 Å². The molecule has 1 aromatic heterocycles. The number of aromatic nitrogens is 2. The van der Waals surface area contributed by atoms with Crippen LogP contribution in [0.4, 0.5) is 0 Å². The molecule has 0 radical (unpaired) electrons. The molecule has 1 aliphatic heterocycles. The van der Waals surface area contributed by atoms with Gasteiger partial charge in [-0.15, -0.1) is 10.2 Å². The van der Waals surface area contributed by atoms with Crippen LogP contribution in [0.2, 0.25) is 0 Å². The first-order valence-electron chi connectivity index (χ1n) is 9.48. The Morgan fingerprint density at radius 1 is 1.16 bits per heavy atom. The smallest absolute Gasteiger partial charge is 0.294 e. The normalized spacial score (nSPS) is 24.4. The lowest BCUT2D eigenvalue weighted by atomic mass is 9.90. The van der Waals surface area contributed by atoms with E-state index in [9.17, 15) is 0 Å². The maximum Gasteiger partial charge on any atom is 0.294 e. The zero-order chi connectivity index (χ0) is 17.1. The summed E-state index contributed by atoms with van der Waals surface area (Å²) >= 11 is 1.52. The maximum atomic E-state index is 5.70. The van der Waals surface area contributed by atoms with E-state index in [4.69, 9.17) is 4.74 Å². The molecule has 2 aliphatic rings. The molecule has 2 fully saturated rings. The van der Waals surface area contributed by atoms with Crippen molar-refractivity contribution in [2.45, 2.75) is 38.5 Å². The van der Waals surface area contributed by atoms with Gasteiger partial charge in [-0.2, -0.15) is 0 Å². The van der Waals surface area contributed by atoms with Crippen LogP contribution < -0.4 is 4.74 Å². The van der Waals surface area contributed by atoms with Crippen molar-refractivity contribution in [2.24, 2.45) is 11.8 Å². The Hall–Kier alpha value is -1.46. The van der Waals surface area contributed by atoms with E-state index in [0.29, 0.717) is 5.19 Å². The van der Waals surface area contributed by atoms with Gasteiger partial charge in [0.2, 0.25) is 0 Å². The highest BCUT2D eigenvalue weighted by atomic mass is 32.1. The summed E-state index contributed by atoms with van der Waals surface area (Å²) in [5.74, 6) is 2.69. The van der Waals surface area contributed by atoms with Crippen molar-refractivity contribution in [3.05, 3.63) is 40.9 Å². The van der Waals surface area contributed by atoms with Crippen molar-refractivity contribution in [3.8, 4) is 5.19 Å². The lowest BCUT2D eigenvalue weighted by Gasteiger charge is -2.31. The molecule has 1 aliphatic carbocycles. The Balaban J connectivity index is 1.13. The zero-order valence-electron chi connectivity index (χ0n) is 14.9. The second-order valence-corrected chi connectivity index (χ2v) is 8.61. The van der Waals surface area contributed by atoms with Crippen molar-refractivity contribution >= 4 is 11.3 Å². The largest absolute Gasteiger partial charge is 0.468 e. The summed E-state index contributed by atoms with van der Waals surface area (Å²) in [6, 6.07) is 11.1. The van der Waals surface area contributed by atoms with Crippen LogP contribution in [-0.4, -0.2) is 41.3 Å². The third-order valence-electron chi connectivity index (χ3n) is 5.63. The molecule has 0 unspecified atom stereocenters. The second-order valence-electron chi connectivity index (χ2n) is 7.47. The Bertz CT molecular complexity index is 667. The van der Waals surface area contributed by atoms with Crippen molar-refractivity contribution in [1.29, 1.82) is 0 Å². The summed E-state index contributed by atoms with van der Waals surface area (Å²) in [6.45, 7) is 6.11. The van der Waals surface area contributed by atoms with Gasteiger partial charge in [-0.05, 0) is 69.0 Å². The van der Waals surface area contributed by atoms with E-state index in [-0.39, 0.29) is 0 Å². The lowest BCUT2D eigenvalue weighted by molar-refractivity contribution is 0.148. The highest BCUT2D eigenvalue weighted by Gasteiger charge is 2.39. The molecule has 1 saturated carbocycles. The van der Waals surface area contributed by atoms with E-state index in [1.807, 2.05) is 6.92 Å². The lowest BCUT2D eigenvalue weighted by Crippen LogP contribution is -2.36. The van der Waals surface area contributed by atoms with Gasteiger partial charge >= 0.3 is 0 Å². The van der Waals surface area contributed by atoms with Gasteiger partial charge in [0.05, 0.1) is 0 Å². The number of benzene rings is 1. The minimum absolute atomic E-state index is 0.702. The van der Waals surface area contributed by atoms with Gasteiger partial charge in [-0.25, -0.2) is 0 Å². The standard InChI is InChI=1S/C20H27N3OS/c1-15-21-22-20(25-15)24-12-11-23-9-7-16(8-10-23)13-18-14-19(18)17-5-3-2-4-6-17/h2-6,16,18-19H,7-14H2,1H3/t18-,19+/m1/s1. The number of likely N-dealkylation sites (tertiary alicyclic amines) is 1. The Morgan fingerprint density at radius 3 is 2.68 bits per heavy atom. The molecule has 134 valence electrons. The Labute approximate surface area is 154 Å². The summed E-state index contributed by atoms with van der Waals surface area (Å²) in [6.07, 6.45) is 5.51. The number of piperidine rings is 1. The molecule has 0 bridgehead atoms. The molecule has 2 heterocycles. The number of rotatable bonds is 7. The second kappa shape index (κ2) is 7.83. The first kappa shape index (κ1) is 17.0. The maximum absolute atomic E-state index is 5.70. The molecule has 25 heavy (non-hydrogen) atoms. The topological polar surface area (TPSA) is 38.3 Å². The molecular weight excluding hydrogens is 330 g/mol. The van der Waals surface area contributed by atoms with E-state index in [2.05, 4.69) is 45.4 Å². The SMILES string of the molecule is Cc1nnc(OCCN2CCC(C[C@@H]3C[C@H]3c3ccccc3)CC2)s1. The molecule has 2 aromatic rings. The van der Waals surface area contributed by atoms with Gasteiger partial charge in [0.1, 0.15) is 11.6 Å². The Morgan fingerprint density at radius 2 is 1.96 bits per heavy atom. The Kier molecular flexibility index (Phi) is 5.32. The van der Waals surface area contributed by atoms with E-state index in [0.717, 1.165) is 35.9 Å². The van der Waals surface area contributed by atoms with E-state index < -0.39 is 0 Å². The summed E-state index contributed by atoms with van der Waals surface area (Å²) in [4.78, 5) is 2.53. The third-order valence-corrected chi connectivity index (χ3v) is 6.39. The molecule has 0 amide bonds. The highest BCUT2D eigenvalue weighted by Crippen LogP contribution is 2.51. The summed E-state index contributed by atoms with van der Waals surface area (Å²) in [5, 5.41) is 9.66. The molecule has 1 saturated heterocycles. The van der Waals surface area contributed by atoms with Gasteiger partial charge in [0, 0.05) is 6.54 Å². The summed E-state index contributed by atoms with van der Waals surface area (Å²) in [7, 11) is 0. The summed E-state index contributed by atoms with van der Waals surface area (Å²) < 4.78 is 5.70. The van der Waals surface area contributed by atoms with Gasteiger partial charge in [-0.1, -0.05) is 41.7 Å². The first-order valence-corrected chi connectivity index (χ1v) is 10.3. The van der Waals surface area contributed by atoms with Crippen LogP contribution in [-0.2, 0) is 0 Å². The minimum atomic E-state index is 0.702. The predicted molar refractivity (Wildman–Crippen MR) is 101 cm³/mol. The van der Waals surface area contributed by atoms with Crippen molar-refractivity contribution < 1.29 is 4.74 Å². The van der Waals surface area contributed by atoms with Gasteiger partial charge in [0.25, 0.3) is 5.19 Å². The number of aryl methyl sites for hydroxylation is 1. The number of hydrogen-bond donors (Lipinski definition) is 0. The van der Waals surface area contributed by atoms with E-state index in [1.54, 1.807) is 5.56 Å². The zero-order valence-corrected chi connectivity index (χ0v) is 15.8. The fourth-order valence-corrected chi connectivity index (χ4v) is 4.65. The molecule has 1 aromatic carbocycles. The molecule has 0 N–H and O–H groups in total. The van der Waals surface area contributed by atoms with Crippen LogP contribution in [0.1, 0.15) is 42.2 Å². The monoisotopic (exact) mass is 357 g/mol. The fourth-order valence-electron chi connectivity index (χ4n) is 4.09. The molecule has 0 spiro atoms. The predicted octanol–water partition coefficient (Wildman–Crippen LogP) is 4.13. The van der Waals surface area contributed by atoms with E-state index >= 15 is 0 Å². The van der Waals surface area contributed by atoms with Crippen LogP contribution in [0, 0.1) is 18.8 Å². The molecule has 4 nitrogen and oxygen atoms in total. The van der Waals surface area contributed by atoms with Crippen LogP contribution >= 0.6 is 11.3 Å². The average molecular weight is 358 g/mol. The number of ether oxygens (including phenoxy) is 1. The number of hydrogen-bond acceptors (Lipinski definition) is 5. The average Bonchev–Trinajstić information content (AvgIpc) is 3.29. The minimum Gasteiger partial charge on any atom is -0.468 e. The van der Waals surface area contributed by atoms with Crippen LogP contribution in [0.5, 0.6) is 5.19 Å². The fraction of sp³-hybridized carbons (Fsp3) is 0.600. The summed E-state index contributed by atoms with van der Waals surface area (Å²) in [5.41, 5.74) is 1.55. The first-order chi connectivity index (χ1) is 12.3. The number of nitrogens with zero attached hydrogens (tertiary/aromatic N) is 3. The van der Waals surface area contributed by atoms with Crippen molar-refractivity contribution in [2.75, 3.05) is 26.2 Å². The molecule has 2 atom stereocenters. The quantitative estimate of drug-likeness (QED) is 0.747.